The summed E-state index contributed by atoms with van der Waals surface area (Å²) in [5.41, 5.74) is 4.30. The fourth-order valence-corrected chi connectivity index (χ4v) is 3.96. The van der Waals surface area contributed by atoms with Gasteiger partial charge in [-0.2, -0.15) is 0 Å². The molecule has 0 aromatic heterocycles. The van der Waals surface area contributed by atoms with Crippen molar-refractivity contribution in [1.29, 1.82) is 0 Å². The van der Waals surface area contributed by atoms with Gasteiger partial charge in [-0.1, -0.05) is 60.7 Å². The second kappa shape index (κ2) is 8.63. The smallest absolute Gasteiger partial charge is 0.261 e. The maximum atomic E-state index is 12.6. The van der Waals surface area contributed by atoms with E-state index in [1.807, 2.05) is 54.6 Å². The SMILES string of the molecule is O=C(CN=C1CN=C(c2ccccc2)c2ccccc2N1)CN1C(=O)c2ccccc2C1=O. The standard InChI is InChI=1S/C26H20N4O3/c31-18(16-30-25(32)19-10-4-5-11-20(19)26(30)33)14-27-23-15-28-24(17-8-2-1-3-9-17)21-12-6-7-13-22(21)29-23/h1-13H,14-16H2,(H,27,29). The van der Waals surface area contributed by atoms with Crippen LogP contribution >= 0.6 is 0 Å². The molecule has 0 saturated heterocycles. The van der Waals surface area contributed by atoms with Crippen LogP contribution in [0.25, 0.3) is 0 Å². The average molecular weight is 436 g/mol. The Kier molecular flexibility index (Phi) is 5.36. The minimum Gasteiger partial charge on any atom is -0.342 e. The highest BCUT2D eigenvalue weighted by atomic mass is 16.2. The molecule has 2 heterocycles. The number of amidine groups is 1. The predicted molar refractivity (Wildman–Crippen MR) is 126 cm³/mol. The maximum absolute atomic E-state index is 12.6. The van der Waals surface area contributed by atoms with Crippen LogP contribution in [0, 0.1) is 0 Å². The lowest BCUT2D eigenvalue weighted by Gasteiger charge is -2.12. The molecule has 3 aromatic rings. The molecule has 33 heavy (non-hydrogen) atoms. The van der Waals surface area contributed by atoms with Crippen molar-refractivity contribution in [2.45, 2.75) is 0 Å². The van der Waals surface area contributed by atoms with Gasteiger partial charge in [0.05, 0.1) is 29.9 Å². The number of ketones is 1. The number of nitrogens with one attached hydrogen (secondary N) is 1. The number of imide groups is 1. The molecule has 162 valence electrons. The topological polar surface area (TPSA) is 91.2 Å². The van der Waals surface area contributed by atoms with Crippen LogP contribution in [-0.4, -0.2) is 53.7 Å². The van der Waals surface area contributed by atoms with Crippen molar-refractivity contribution in [3.8, 4) is 0 Å². The van der Waals surface area contributed by atoms with Gasteiger partial charge < -0.3 is 5.32 Å². The van der Waals surface area contributed by atoms with Crippen LogP contribution in [0.4, 0.5) is 5.69 Å². The molecule has 5 rings (SSSR count). The molecule has 1 N–H and O–H groups in total. The highest BCUT2D eigenvalue weighted by Crippen LogP contribution is 2.23. The van der Waals surface area contributed by atoms with Gasteiger partial charge in [0, 0.05) is 16.8 Å². The van der Waals surface area contributed by atoms with Crippen molar-refractivity contribution in [2.24, 2.45) is 9.98 Å². The average Bonchev–Trinajstić information content (AvgIpc) is 2.99. The van der Waals surface area contributed by atoms with Gasteiger partial charge in [0.15, 0.2) is 5.78 Å². The number of benzodiazepines with no additional fused rings is 1. The number of carbonyl (C=O) groups is 3. The summed E-state index contributed by atoms with van der Waals surface area (Å²) in [6, 6.07) is 24.3. The van der Waals surface area contributed by atoms with E-state index in [0.29, 0.717) is 17.0 Å². The van der Waals surface area contributed by atoms with E-state index in [2.05, 4.69) is 10.3 Å². The minimum absolute atomic E-state index is 0.159. The first-order valence-electron chi connectivity index (χ1n) is 10.6. The molecule has 2 aliphatic heterocycles. The van der Waals surface area contributed by atoms with Gasteiger partial charge in [-0.25, -0.2) is 0 Å². The highest BCUT2D eigenvalue weighted by molar-refractivity contribution is 6.22. The Morgan fingerprint density at radius 2 is 1.45 bits per heavy atom. The lowest BCUT2D eigenvalue weighted by atomic mass is 10.0. The molecule has 0 saturated carbocycles. The number of Topliss-reactive ketones (excluding diaryl/α,β-unsaturated/α-hetero) is 1. The zero-order valence-corrected chi connectivity index (χ0v) is 17.7. The quantitative estimate of drug-likeness (QED) is 0.622. The number of aliphatic imine (C=N–C) groups is 2. The second-order valence-electron chi connectivity index (χ2n) is 7.75. The minimum atomic E-state index is -0.449. The van der Waals surface area contributed by atoms with Gasteiger partial charge in [0.2, 0.25) is 0 Å². The summed E-state index contributed by atoms with van der Waals surface area (Å²) in [4.78, 5) is 47.7. The molecule has 0 radical (unpaired) electrons. The number of para-hydroxylation sites is 1. The Labute approximate surface area is 190 Å². The van der Waals surface area contributed by atoms with Crippen LogP contribution in [-0.2, 0) is 4.79 Å². The van der Waals surface area contributed by atoms with E-state index < -0.39 is 11.8 Å². The lowest BCUT2D eigenvalue weighted by Crippen LogP contribution is -2.36. The molecule has 0 fully saturated rings. The van der Waals surface area contributed by atoms with Crippen LogP contribution in [0.15, 0.2) is 88.8 Å². The van der Waals surface area contributed by atoms with E-state index in [0.717, 1.165) is 27.4 Å². The third kappa shape index (κ3) is 3.96. The molecule has 0 atom stereocenters. The number of hydrogen-bond donors (Lipinski definition) is 1. The van der Waals surface area contributed by atoms with Crippen LogP contribution in [0.2, 0.25) is 0 Å². The van der Waals surface area contributed by atoms with Gasteiger partial charge in [0.1, 0.15) is 12.4 Å². The first-order valence-corrected chi connectivity index (χ1v) is 10.6. The van der Waals surface area contributed by atoms with Gasteiger partial charge >= 0.3 is 0 Å². The number of rotatable bonds is 5. The number of carbonyl (C=O) groups excluding carboxylic acids is 3. The Morgan fingerprint density at radius 3 is 2.15 bits per heavy atom. The molecular formula is C26H20N4O3. The van der Waals surface area contributed by atoms with Gasteiger partial charge in [0.25, 0.3) is 11.8 Å². The monoisotopic (exact) mass is 436 g/mol. The number of hydrogen-bond acceptors (Lipinski definition) is 5. The van der Waals surface area contributed by atoms with Gasteiger partial charge in [-0.15, -0.1) is 0 Å². The Morgan fingerprint density at radius 1 is 0.848 bits per heavy atom. The molecular weight excluding hydrogens is 416 g/mol. The Bertz CT molecular complexity index is 1290. The summed E-state index contributed by atoms with van der Waals surface area (Å²) in [6.45, 7) is -0.189. The van der Waals surface area contributed by atoms with Gasteiger partial charge in [-0.05, 0) is 18.2 Å². The lowest BCUT2D eigenvalue weighted by molar-refractivity contribution is -0.118. The molecule has 0 spiro atoms. The zero-order chi connectivity index (χ0) is 22.8. The normalized spacial score (nSPS) is 16.1. The van der Waals surface area contributed by atoms with E-state index >= 15 is 0 Å². The summed E-state index contributed by atoms with van der Waals surface area (Å²) in [5.74, 6) is -0.682. The van der Waals surface area contributed by atoms with Crippen molar-refractivity contribution < 1.29 is 14.4 Å². The van der Waals surface area contributed by atoms with Crippen molar-refractivity contribution in [2.75, 3.05) is 25.0 Å². The molecule has 2 aliphatic rings. The second-order valence-corrected chi connectivity index (χ2v) is 7.75. The molecule has 0 bridgehead atoms. The Hall–Kier alpha value is -4.39. The van der Waals surface area contributed by atoms with Gasteiger partial charge in [-0.3, -0.25) is 29.3 Å². The number of fused-ring (bicyclic) bond motifs is 2. The summed E-state index contributed by atoms with van der Waals surface area (Å²) in [7, 11) is 0. The number of nitrogens with zero attached hydrogens (tertiary/aromatic N) is 3. The summed E-state index contributed by atoms with van der Waals surface area (Å²) in [6.07, 6.45) is 0. The van der Waals surface area contributed by atoms with Crippen molar-refractivity contribution in [3.63, 3.8) is 0 Å². The molecule has 7 heteroatoms. The van der Waals surface area contributed by atoms with E-state index in [-0.39, 0.29) is 25.4 Å². The molecule has 0 aliphatic carbocycles. The first-order chi connectivity index (χ1) is 16.1. The molecule has 3 aromatic carbocycles. The first kappa shape index (κ1) is 20.5. The van der Waals surface area contributed by atoms with Crippen LogP contribution < -0.4 is 5.32 Å². The van der Waals surface area contributed by atoms with Crippen molar-refractivity contribution in [3.05, 3.63) is 101 Å². The Balaban J connectivity index is 1.33. The van der Waals surface area contributed by atoms with Crippen LogP contribution in [0.3, 0.4) is 0 Å². The molecule has 7 nitrogen and oxygen atoms in total. The largest absolute Gasteiger partial charge is 0.342 e. The number of benzene rings is 3. The van der Waals surface area contributed by atoms with E-state index in [1.54, 1.807) is 24.3 Å². The van der Waals surface area contributed by atoms with Crippen LogP contribution in [0.1, 0.15) is 31.8 Å². The third-order valence-corrected chi connectivity index (χ3v) is 5.55. The summed E-state index contributed by atoms with van der Waals surface area (Å²) >= 11 is 0. The van der Waals surface area contributed by atoms with Crippen molar-refractivity contribution in [1.82, 2.24) is 4.90 Å². The number of anilines is 1. The van der Waals surface area contributed by atoms with Crippen molar-refractivity contribution >= 4 is 34.8 Å². The van der Waals surface area contributed by atoms with E-state index in [4.69, 9.17) is 4.99 Å². The maximum Gasteiger partial charge on any atom is 0.261 e. The number of amides is 2. The van der Waals surface area contributed by atoms with Crippen LogP contribution in [0.5, 0.6) is 0 Å². The highest BCUT2D eigenvalue weighted by Gasteiger charge is 2.36. The fraction of sp³-hybridized carbons (Fsp3) is 0.115. The summed E-state index contributed by atoms with van der Waals surface area (Å²) in [5, 5.41) is 3.28. The van der Waals surface area contributed by atoms with E-state index in [1.165, 1.54) is 0 Å². The molecule has 2 amide bonds. The molecule has 0 unspecified atom stereocenters. The van der Waals surface area contributed by atoms with E-state index in [9.17, 15) is 14.4 Å². The zero-order valence-electron chi connectivity index (χ0n) is 17.7. The third-order valence-electron chi connectivity index (χ3n) is 5.55. The fourth-order valence-electron chi connectivity index (χ4n) is 3.96. The summed E-state index contributed by atoms with van der Waals surface area (Å²) < 4.78 is 0. The predicted octanol–water partition coefficient (Wildman–Crippen LogP) is 3.21.